The quantitative estimate of drug-likeness (QED) is 0.131. The summed E-state index contributed by atoms with van der Waals surface area (Å²) in [6.07, 6.45) is 0. The molecule has 0 fully saturated rings. The fraction of sp³-hybridized carbons (Fsp3) is 0.143. The van der Waals surface area contributed by atoms with Crippen molar-refractivity contribution in [1.29, 1.82) is 5.26 Å². The summed E-state index contributed by atoms with van der Waals surface area (Å²) < 4.78 is 24.4. The van der Waals surface area contributed by atoms with Crippen LogP contribution < -0.4 is 24.7 Å². The average Bonchev–Trinajstić information content (AvgIpc) is 3.35. The van der Waals surface area contributed by atoms with E-state index in [1.54, 1.807) is 36.4 Å². The SMILES string of the molecule is CCOc1cc(C2C(C#N)=C(N)Oc3cc(OC(=O)c4sc5cc(Cl)ccc5c4Cl)ccc32)ccc1OCc1ccc(C)cc1. The van der Waals surface area contributed by atoms with Gasteiger partial charge in [0.2, 0.25) is 5.88 Å². The molecule has 2 N–H and O–H groups in total. The summed E-state index contributed by atoms with van der Waals surface area (Å²) in [6, 6.07) is 26.1. The first-order chi connectivity index (χ1) is 21.7. The Labute approximate surface area is 273 Å². The maximum atomic E-state index is 13.1. The number of rotatable bonds is 8. The molecular formula is C35H26Cl2N2O5S. The summed E-state index contributed by atoms with van der Waals surface area (Å²) in [7, 11) is 0. The Morgan fingerprint density at radius 3 is 2.56 bits per heavy atom. The number of ether oxygens (including phenoxy) is 4. The molecular weight excluding hydrogens is 631 g/mol. The van der Waals surface area contributed by atoms with Crippen LogP contribution in [-0.4, -0.2) is 12.6 Å². The molecule has 1 aromatic heterocycles. The maximum absolute atomic E-state index is 13.1. The molecule has 0 saturated heterocycles. The van der Waals surface area contributed by atoms with Crippen molar-refractivity contribution >= 4 is 50.6 Å². The number of carbonyl (C=O) groups is 1. The van der Waals surface area contributed by atoms with Gasteiger partial charge >= 0.3 is 5.97 Å². The lowest BCUT2D eigenvalue weighted by atomic mass is 9.83. The molecule has 45 heavy (non-hydrogen) atoms. The Morgan fingerprint density at radius 1 is 1.00 bits per heavy atom. The highest BCUT2D eigenvalue weighted by Crippen LogP contribution is 2.45. The second kappa shape index (κ2) is 12.7. The van der Waals surface area contributed by atoms with E-state index in [2.05, 4.69) is 6.07 Å². The van der Waals surface area contributed by atoms with Gasteiger partial charge in [0.1, 0.15) is 34.6 Å². The van der Waals surface area contributed by atoms with Gasteiger partial charge in [0.05, 0.1) is 17.5 Å². The van der Waals surface area contributed by atoms with E-state index in [9.17, 15) is 10.1 Å². The van der Waals surface area contributed by atoms with E-state index in [-0.39, 0.29) is 22.1 Å². The smallest absolute Gasteiger partial charge is 0.355 e. The Balaban J connectivity index is 1.29. The van der Waals surface area contributed by atoms with Gasteiger partial charge in [-0.25, -0.2) is 4.79 Å². The number of thiophene rings is 1. The number of nitrogens with two attached hydrogens (primary N) is 1. The summed E-state index contributed by atoms with van der Waals surface area (Å²) in [5.74, 6) is 0.483. The van der Waals surface area contributed by atoms with E-state index < -0.39 is 11.9 Å². The van der Waals surface area contributed by atoms with Crippen LogP contribution >= 0.6 is 34.5 Å². The first-order valence-electron chi connectivity index (χ1n) is 14.0. The largest absolute Gasteiger partial charge is 0.490 e. The minimum atomic E-state index is -0.617. The number of halogens is 2. The minimum absolute atomic E-state index is 0.0411. The number of hydrogen-bond acceptors (Lipinski definition) is 8. The molecule has 1 aliphatic heterocycles. The van der Waals surface area contributed by atoms with Crippen LogP contribution in [0, 0.1) is 18.3 Å². The van der Waals surface area contributed by atoms with E-state index in [1.165, 1.54) is 16.9 Å². The predicted octanol–water partition coefficient (Wildman–Crippen LogP) is 8.93. The van der Waals surface area contributed by atoms with Crippen molar-refractivity contribution in [3.8, 4) is 29.1 Å². The molecule has 1 unspecified atom stereocenters. The van der Waals surface area contributed by atoms with E-state index in [0.29, 0.717) is 46.1 Å². The van der Waals surface area contributed by atoms with Crippen molar-refractivity contribution < 1.29 is 23.7 Å². The Bertz CT molecular complexity index is 2010. The van der Waals surface area contributed by atoms with Gasteiger partial charge in [-0.2, -0.15) is 5.26 Å². The molecule has 0 saturated carbocycles. The highest BCUT2D eigenvalue weighted by molar-refractivity contribution is 7.21. The van der Waals surface area contributed by atoms with Crippen molar-refractivity contribution in [3.05, 3.63) is 127 Å². The molecule has 0 spiro atoms. The Morgan fingerprint density at radius 2 is 1.80 bits per heavy atom. The molecule has 10 heteroatoms. The maximum Gasteiger partial charge on any atom is 0.355 e. The molecule has 1 aliphatic rings. The van der Waals surface area contributed by atoms with Crippen LogP contribution in [0.15, 0.2) is 90.3 Å². The monoisotopic (exact) mass is 656 g/mol. The summed E-state index contributed by atoms with van der Waals surface area (Å²) in [6.45, 7) is 4.72. The van der Waals surface area contributed by atoms with Gasteiger partial charge in [0.15, 0.2) is 11.5 Å². The zero-order valence-corrected chi connectivity index (χ0v) is 26.6. The van der Waals surface area contributed by atoms with Gasteiger partial charge in [-0.15, -0.1) is 11.3 Å². The van der Waals surface area contributed by atoms with E-state index in [1.807, 2.05) is 56.3 Å². The standard InChI is InChI=1S/C35H26Cl2N2O5S/c1-3-41-29-14-21(8-13-27(29)42-18-20-6-4-19(2)5-7-20)31-24-12-10-23(16-28(24)44-34(39)26(31)17-38)43-35(40)33-32(37)25-11-9-22(36)15-30(25)45-33/h4-16,31H,3,18,39H2,1-2H3. The molecule has 0 amide bonds. The van der Waals surface area contributed by atoms with Crippen molar-refractivity contribution in [2.24, 2.45) is 5.73 Å². The van der Waals surface area contributed by atoms with Crippen molar-refractivity contribution in [3.63, 3.8) is 0 Å². The van der Waals surface area contributed by atoms with E-state index in [0.717, 1.165) is 21.2 Å². The van der Waals surface area contributed by atoms with Crippen LogP contribution in [0.4, 0.5) is 0 Å². The second-order valence-corrected chi connectivity index (χ2v) is 12.2. The normalized spacial score (nSPS) is 14.0. The predicted molar refractivity (Wildman–Crippen MR) is 176 cm³/mol. The number of hydrogen-bond donors (Lipinski definition) is 1. The molecule has 5 aromatic rings. The molecule has 4 aromatic carbocycles. The lowest BCUT2D eigenvalue weighted by Crippen LogP contribution is -2.21. The third-order valence-electron chi connectivity index (χ3n) is 7.29. The number of benzene rings is 4. The molecule has 226 valence electrons. The van der Waals surface area contributed by atoms with Crippen molar-refractivity contribution in [2.45, 2.75) is 26.4 Å². The van der Waals surface area contributed by atoms with Gasteiger partial charge in [0, 0.05) is 26.7 Å². The van der Waals surface area contributed by atoms with Gasteiger partial charge in [0.25, 0.3) is 0 Å². The van der Waals surface area contributed by atoms with Gasteiger partial charge in [-0.1, -0.05) is 71.2 Å². The highest BCUT2D eigenvalue weighted by atomic mass is 35.5. The van der Waals surface area contributed by atoms with Crippen molar-refractivity contribution in [2.75, 3.05) is 6.61 Å². The van der Waals surface area contributed by atoms with Crippen LogP contribution in [0.2, 0.25) is 10.0 Å². The Kier molecular flexibility index (Phi) is 8.59. The molecule has 0 bridgehead atoms. The number of aryl methyl sites for hydroxylation is 1. The summed E-state index contributed by atoms with van der Waals surface area (Å²) in [5.41, 5.74) is 10.1. The van der Waals surface area contributed by atoms with E-state index in [4.69, 9.17) is 47.9 Å². The van der Waals surface area contributed by atoms with Gasteiger partial charge in [-0.3, -0.25) is 0 Å². The summed E-state index contributed by atoms with van der Waals surface area (Å²) >= 11 is 13.8. The fourth-order valence-electron chi connectivity index (χ4n) is 5.10. The number of carbonyl (C=O) groups excluding carboxylic acids is 1. The van der Waals surface area contributed by atoms with Gasteiger partial charge < -0.3 is 24.7 Å². The number of esters is 1. The molecule has 0 aliphatic carbocycles. The van der Waals surface area contributed by atoms with Crippen LogP contribution in [0.1, 0.15) is 44.8 Å². The Hall–Kier alpha value is -4.68. The lowest BCUT2D eigenvalue weighted by molar-refractivity contribution is 0.0740. The summed E-state index contributed by atoms with van der Waals surface area (Å²) in [4.78, 5) is 13.4. The van der Waals surface area contributed by atoms with E-state index >= 15 is 0 Å². The van der Waals surface area contributed by atoms with Crippen LogP contribution in [0.5, 0.6) is 23.0 Å². The number of nitrogens with zero attached hydrogens (tertiary/aromatic N) is 1. The number of fused-ring (bicyclic) bond motifs is 2. The zero-order chi connectivity index (χ0) is 31.7. The first kappa shape index (κ1) is 30.4. The average molecular weight is 658 g/mol. The fourth-order valence-corrected chi connectivity index (χ4v) is 6.76. The molecule has 7 nitrogen and oxygen atoms in total. The molecule has 6 rings (SSSR count). The third kappa shape index (κ3) is 6.16. The molecule has 1 atom stereocenters. The number of nitriles is 1. The third-order valence-corrected chi connectivity index (χ3v) is 9.17. The lowest BCUT2D eigenvalue weighted by Gasteiger charge is -2.27. The zero-order valence-electron chi connectivity index (χ0n) is 24.2. The van der Waals surface area contributed by atoms with Gasteiger partial charge in [-0.05, 0) is 55.3 Å². The van der Waals surface area contributed by atoms with Crippen LogP contribution in [0.25, 0.3) is 10.1 Å². The number of allylic oxidation sites excluding steroid dienone is 1. The summed E-state index contributed by atoms with van der Waals surface area (Å²) in [5, 5.41) is 11.6. The highest BCUT2D eigenvalue weighted by Gasteiger charge is 2.32. The second-order valence-electron chi connectivity index (χ2n) is 10.3. The minimum Gasteiger partial charge on any atom is -0.490 e. The first-order valence-corrected chi connectivity index (χ1v) is 15.6. The van der Waals surface area contributed by atoms with Crippen molar-refractivity contribution in [1.82, 2.24) is 0 Å². The van der Waals surface area contributed by atoms with Crippen LogP contribution in [-0.2, 0) is 6.61 Å². The molecule has 0 radical (unpaired) electrons. The topological polar surface area (TPSA) is 104 Å². The molecule has 2 heterocycles. The van der Waals surface area contributed by atoms with Crippen LogP contribution in [0.3, 0.4) is 0 Å².